The lowest BCUT2D eigenvalue weighted by atomic mass is 10.2. The Kier molecular flexibility index (Phi) is 4.61. The van der Waals surface area contributed by atoms with Gasteiger partial charge in [0.15, 0.2) is 0 Å². The molecule has 0 radical (unpaired) electrons. The van der Waals surface area contributed by atoms with Gasteiger partial charge >= 0.3 is 0 Å². The van der Waals surface area contributed by atoms with E-state index in [0.717, 1.165) is 11.3 Å². The van der Waals surface area contributed by atoms with Crippen LogP contribution in [0.1, 0.15) is 12.0 Å². The predicted molar refractivity (Wildman–Crippen MR) is 52.1 cm³/mol. The second kappa shape index (κ2) is 5.81. The first-order valence-corrected chi connectivity index (χ1v) is 4.74. The lowest BCUT2D eigenvalue weighted by molar-refractivity contribution is 0.288. The highest BCUT2D eigenvalue weighted by molar-refractivity contribution is 6.17. The van der Waals surface area contributed by atoms with Crippen molar-refractivity contribution in [2.45, 2.75) is 12.3 Å². The normalized spacial score (nSPS) is 10.0. The smallest absolute Gasteiger partial charge is 0.123 e. The second-order valence-corrected chi connectivity index (χ2v) is 2.90. The van der Waals surface area contributed by atoms with E-state index in [9.17, 15) is 4.39 Å². The molecule has 3 heteroatoms. The van der Waals surface area contributed by atoms with Crippen LogP contribution in [0.25, 0.3) is 0 Å². The first-order chi connectivity index (χ1) is 6.38. The standard InChI is InChI=1S/C10H12ClFO/c11-8-9-4-1-2-5-10(9)13-7-3-6-12/h1-2,4-5H,3,6-8H2. The zero-order valence-corrected chi connectivity index (χ0v) is 8.06. The predicted octanol–water partition coefficient (Wildman–Crippen LogP) is 3.16. The molecule has 0 spiro atoms. The Morgan fingerprint density at radius 3 is 2.77 bits per heavy atom. The van der Waals surface area contributed by atoms with Crippen molar-refractivity contribution in [2.75, 3.05) is 13.3 Å². The third-order valence-corrected chi connectivity index (χ3v) is 1.94. The fourth-order valence-electron chi connectivity index (χ4n) is 0.992. The maximum Gasteiger partial charge on any atom is 0.123 e. The average Bonchev–Trinajstić information content (AvgIpc) is 2.19. The maximum absolute atomic E-state index is 11.8. The quantitative estimate of drug-likeness (QED) is 0.527. The minimum atomic E-state index is -0.344. The van der Waals surface area contributed by atoms with Crippen molar-refractivity contribution >= 4 is 11.6 Å². The first-order valence-electron chi connectivity index (χ1n) is 4.21. The number of benzene rings is 1. The van der Waals surface area contributed by atoms with E-state index < -0.39 is 0 Å². The molecule has 1 rings (SSSR count). The summed E-state index contributed by atoms with van der Waals surface area (Å²) >= 11 is 5.69. The van der Waals surface area contributed by atoms with Gasteiger partial charge in [-0.1, -0.05) is 18.2 Å². The van der Waals surface area contributed by atoms with Crippen LogP contribution in [0, 0.1) is 0 Å². The second-order valence-electron chi connectivity index (χ2n) is 2.63. The maximum atomic E-state index is 11.8. The molecule has 13 heavy (non-hydrogen) atoms. The number of hydrogen-bond acceptors (Lipinski definition) is 1. The minimum absolute atomic E-state index is 0.344. The van der Waals surface area contributed by atoms with Crippen LogP contribution < -0.4 is 4.74 Å². The van der Waals surface area contributed by atoms with Crippen LogP contribution in [-0.2, 0) is 5.88 Å². The van der Waals surface area contributed by atoms with E-state index in [0.29, 0.717) is 18.9 Å². The summed E-state index contributed by atoms with van der Waals surface area (Å²) in [6.07, 6.45) is 0.427. The number of alkyl halides is 2. The van der Waals surface area contributed by atoms with E-state index >= 15 is 0 Å². The van der Waals surface area contributed by atoms with Crippen molar-refractivity contribution in [3.8, 4) is 5.75 Å². The summed E-state index contributed by atoms with van der Waals surface area (Å²) in [7, 11) is 0. The van der Waals surface area contributed by atoms with Gasteiger partial charge < -0.3 is 4.74 Å². The number of hydrogen-bond donors (Lipinski definition) is 0. The number of para-hydroxylation sites is 1. The van der Waals surface area contributed by atoms with Crippen LogP contribution >= 0.6 is 11.6 Å². The molecule has 0 N–H and O–H groups in total. The van der Waals surface area contributed by atoms with Crippen LogP contribution in [0.2, 0.25) is 0 Å². The monoisotopic (exact) mass is 202 g/mol. The Hall–Kier alpha value is -0.760. The largest absolute Gasteiger partial charge is 0.493 e. The number of halogens is 2. The molecule has 1 aromatic carbocycles. The van der Waals surface area contributed by atoms with Crippen LogP contribution in [-0.4, -0.2) is 13.3 Å². The molecule has 1 nitrogen and oxygen atoms in total. The van der Waals surface area contributed by atoms with Gasteiger partial charge in [-0.2, -0.15) is 0 Å². The van der Waals surface area contributed by atoms with Crippen molar-refractivity contribution in [1.29, 1.82) is 0 Å². The van der Waals surface area contributed by atoms with Gasteiger partial charge in [0, 0.05) is 12.0 Å². The summed E-state index contributed by atoms with van der Waals surface area (Å²) in [6.45, 7) is 0.0629. The molecule has 0 aliphatic heterocycles. The molecule has 0 amide bonds. The van der Waals surface area contributed by atoms with E-state index in [2.05, 4.69) is 0 Å². The summed E-state index contributed by atoms with van der Waals surface area (Å²) in [5.74, 6) is 1.18. The third-order valence-electron chi connectivity index (χ3n) is 1.65. The van der Waals surface area contributed by atoms with Crippen LogP contribution in [0.5, 0.6) is 5.75 Å². The minimum Gasteiger partial charge on any atom is -0.493 e. The third kappa shape index (κ3) is 3.23. The molecule has 0 heterocycles. The van der Waals surface area contributed by atoms with Gasteiger partial charge in [-0.3, -0.25) is 4.39 Å². The fourth-order valence-corrected chi connectivity index (χ4v) is 1.21. The molecule has 72 valence electrons. The Bertz CT molecular complexity index is 252. The molecule has 0 fully saturated rings. The van der Waals surface area contributed by atoms with Crippen molar-refractivity contribution in [3.63, 3.8) is 0 Å². The number of rotatable bonds is 5. The lowest BCUT2D eigenvalue weighted by Crippen LogP contribution is -1.99. The highest BCUT2D eigenvalue weighted by Crippen LogP contribution is 2.19. The van der Waals surface area contributed by atoms with E-state index in [1.807, 2.05) is 24.3 Å². The lowest BCUT2D eigenvalue weighted by Gasteiger charge is -2.08. The molecule has 0 saturated heterocycles. The van der Waals surface area contributed by atoms with Crippen LogP contribution in [0.4, 0.5) is 4.39 Å². The molecular formula is C10H12ClFO. The molecule has 0 bridgehead atoms. The summed E-state index contributed by atoms with van der Waals surface area (Å²) in [5, 5.41) is 0. The Morgan fingerprint density at radius 1 is 1.31 bits per heavy atom. The Balaban J connectivity index is 2.54. The fraction of sp³-hybridized carbons (Fsp3) is 0.400. The van der Waals surface area contributed by atoms with Gasteiger partial charge in [-0.05, 0) is 6.07 Å². The van der Waals surface area contributed by atoms with Gasteiger partial charge in [0.2, 0.25) is 0 Å². The zero-order valence-electron chi connectivity index (χ0n) is 7.30. The highest BCUT2D eigenvalue weighted by Gasteiger charge is 2.00. The summed E-state index contributed by atoms with van der Waals surface area (Å²) in [6, 6.07) is 7.52. The molecule has 0 saturated carbocycles. The van der Waals surface area contributed by atoms with Gasteiger partial charge in [-0.25, -0.2) is 0 Å². The van der Waals surface area contributed by atoms with E-state index in [4.69, 9.17) is 16.3 Å². The van der Waals surface area contributed by atoms with Gasteiger partial charge in [0.25, 0.3) is 0 Å². The molecule has 0 aliphatic rings. The van der Waals surface area contributed by atoms with E-state index in [1.54, 1.807) is 0 Å². The van der Waals surface area contributed by atoms with E-state index in [1.165, 1.54) is 0 Å². The van der Waals surface area contributed by atoms with Crippen LogP contribution in [0.15, 0.2) is 24.3 Å². The molecule has 0 unspecified atom stereocenters. The van der Waals surface area contributed by atoms with Crippen molar-refractivity contribution < 1.29 is 9.13 Å². The first kappa shape index (κ1) is 10.3. The van der Waals surface area contributed by atoms with E-state index in [-0.39, 0.29) is 6.67 Å². The summed E-state index contributed by atoms with van der Waals surface area (Å²) in [4.78, 5) is 0. The van der Waals surface area contributed by atoms with Gasteiger partial charge in [-0.15, -0.1) is 11.6 Å². The van der Waals surface area contributed by atoms with Gasteiger partial charge in [0.05, 0.1) is 19.2 Å². The van der Waals surface area contributed by atoms with Crippen molar-refractivity contribution in [3.05, 3.63) is 29.8 Å². The highest BCUT2D eigenvalue weighted by atomic mass is 35.5. The van der Waals surface area contributed by atoms with Crippen LogP contribution in [0.3, 0.4) is 0 Å². The SMILES string of the molecule is FCCCOc1ccccc1CCl. The molecule has 0 atom stereocenters. The summed E-state index contributed by atoms with van der Waals surface area (Å²) < 4.78 is 17.1. The average molecular weight is 203 g/mol. The molecular weight excluding hydrogens is 191 g/mol. The molecule has 1 aromatic rings. The molecule has 0 aliphatic carbocycles. The van der Waals surface area contributed by atoms with Crippen molar-refractivity contribution in [2.24, 2.45) is 0 Å². The zero-order chi connectivity index (χ0) is 9.52. The number of ether oxygens (including phenoxy) is 1. The molecule has 0 aromatic heterocycles. The van der Waals surface area contributed by atoms with Crippen molar-refractivity contribution in [1.82, 2.24) is 0 Å². The topological polar surface area (TPSA) is 9.23 Å². The summed E-state index contributed by atoms with van der Waals surface area (Å²) in [5.41, 5.74) is 0.947. The Labute approximate surface area is 82.5 Å². The Morgan fingerprint density at radius 2 is 2.08 bits per heavy atom. The van der Waals surface area contributed by atoms with Gasteiger partial charge in [0.1, 0.15) is 5.75 Å².